The molecule has 6 heteroatoms. The highest BCUT2D eigenvalue weighted by molar-refractivity contribution is 5.86. The second-order valence-corrected chi connectivity index (χ2v) is 4.86. The summed E-state index contributed by atoms with van der Waals surface area (Å²) < 4.78 is 4.55. The molecule has 0 bridgehead atoms. The summed E-state index contributed by atoms with van der Waals surface area (Å²) in [7, 11) is 5.36. The number of ether oxygens (including phenoxy) is 1. The molecule has 0 saturated carbocycles. The van der Waals surface area contributed by atoms with Crippen molar-refractivity contribution in [1.82, 2.24) is 15.1 Å². The van der Waals surface area contributed by atoms with Crippen LogP contribution in [0.5, 0.6) is 0 Å². The number of likely N-dealkylation sites (N-methyl/N-ethyl adjacent to an activating group) is 1. The molecule has 1 aromatic heterocycles. The van der Waals surface area contributed by atoms with Gasteiger partial charge in [0.2, 0.25) is 0 Å². The Morgan fingerprint density at radius 1 is 1.39 bits per heavy atom. The van der Waals surface area contributed by atoms with Gasteiger partial charge in [-0.25, -0.2) is 4.79 Å². The van der Waals surface area contributed by atoms with E-state index in [4.69, 9.17) is 0 Å². The molecule has 6 nitrogen and oxygen atoms in total. The predicted molar refractivity (Wildman–Crippen MR) is 69.6 cm³/mol. The number of aromatic nitrogens is 2. The number of carbonyl (C=O) groups is 1. The van der Waals surface area contributed by atoms with E-state index in [1.807, 2.05) is 14.1 Å². The van der Waals surface area contributed by atoms with E-state index in [1.165, 1.54) is 7.11 Å². The Hall–Kier alpha value is -1.69. The fraction of sp³-hybridized carbons (Fsp3) is 0.583. The zero-order valence-electron chi connectivity index (χ0n) is 11.5. The van der Waals surface area contributed by atoms with Crippen LogP contribution in [0.4, 0.5) is 5.82 Å². The van der Waals surface area contributed by atoms with Crippen LogP contribution < -0.4 is 5.32 Å². The summed E-state index contributed by atoms with van der Waals surface area (Å²) in [5.41, 5.74) is 0.206. The van der Waals surface area contributed by atoms with Crippen LogP contribution in [0.3, 0.4) is 0 Å². The Morgan fingerprint density at radius 2 is 2.06 bits per heavy atom. The Kier molecular flexibility index (Phi) is 4.61. The van der Waals surface area contributed by atoms with Crippen molar-refractivity contribution in [2.24, 2.45) is 0 Å². The lowest BCUT2D eigenvalue weighted by Crippen LogP contribution is -2.44. The van der Waals surface area contributed by atoms with E-state index < -0.39 is 5.97 Å². The number of hydrogen-bond donors (Lipinski definition) is 1. The van der Waals surface area contributed by atoms with Gasteiger partial charge in [-0.3, -0.25) is 0 Å². The third-order valence-corrected chi connectivity index (χ3v) is 2.97. The molecule has 0 unspecified atom stereocenters. The highest BCUT2D eigenvalue weighted by atomic mass is 16.5. The molecule has 0 radical (unpaired) electrons. The average Bonchev–Trinajstić information content (AvgIpc) is 2.36. The van der Waals surface area contributed by atoms with Crippen LogP contribution in [0.15, 0.2) is 12.1 Å². The molecule has 100 valence electrons. The van der Waals surface area contributed by atoms with Crippen molar-refractivity contribution < 1.29 is 9.53 Å². The first kappa shape index (κ1) is 14.4. The van der Waals surface area contributed by atoms with Gasteiger partial charge >= 0.3 is 5.97 Å². The van der Waals surface area contributed by atoms with Crippen molar-refractivity contribution in [3.8, 4) is 0 Å². The Balaban J connectivity index is 2.62. The van der Waals surface area contributed by atoms with Crippen LogP contribution in [0, 0.1) is 0 Å². The summed E-state index contributed by atoms with van der Waals surface area (Å²) in [5.74, 6) is 0.153. The first-order valence-electron chi connectivity index (χ1n) is 5.70. The maximum absolute atomic E-state index is 11.2. The zero-order chi connectivity index (χ0) is 13.8. The van der Waals surface area contributed by atoms with E-state index in [0.29, 0.717) is 5.82 Å². The molecule has 0 spiro atoms. The molecular formula is C12H20N4O2. The lowest BCUT2D eigenvalue weighted by Gasteiger charge is -2.32. The molecule has 0 aliphatic rings. The van der Waals surface area contributed by atoms with Gasteiger partial charge in [0.1, 0.15) is 5.82 Å². The van der Waals surface area contributed by atoms with Gasteiger partial charge in [0.15, 0.2) is 5.69 Å². The van der Waals surface area contributed by atoms with Gasteiger partial charge in [0, 0.05) is 12.1 Å². The molecular weight excluding hydrogens is 232 g/mol. The summed E-state index contributed by atoms with van der Waals surface area (Å²) in [6, 6.07) is 3.30. The van der Waals surface area contributed by atoms with Crippen LogP contribution in [-0.2, 0) is 4.74 Å². The first-order valence-corrected chi connectivity index (χ1v) is 5.70. The van der Waals surface area contributed by atoms with Gasteiger partial charge < -0.3 is 15.0 Å². The smallest absolute Gasteiger partial charge is 0.358 e. The molecule has 1 aromatic rings. The molecule has 1 heterocycles. The predicted octanol–water partition coefficient (Wildman–Crippen LogP) is 1.02. The fourth-order valence-corrected chi connectivity index (χ4v) is 1.10. The molecule has 0 amide bonds. The summed E-state index contributed by atoms with van der Waals surface area (Å²) >= 11 is 0. The van der Waals surface area contributed by atoms with Crippen molar-refractivity contribution >= 4 is 11.8 Å². The molecule has 0 fully saturated rings. The highest BCUT2D eigenvalue weighted by Crippen LogP contribution is 2.11. The molecule has 1 N–H and O–H groups in total. The van der Waals surface area contributed by atoms with Gasteiger partial charge in [-0.2, -0.15) is 0 Å². The number of nitrogens with one attached hydrogen (secondary N) is 1. The lowest BCUT2D eigenvalue weighted by atomic mass is 10.0. The molecule has 0 saturated heterocycles. The maximum atomic E-state index is 11.2. The van der Waals surface area contributed by atoms with E-state index in [2.05, 4.69) is 39.0 Å². The molecule has 18 heavy (non-hydrogen) atoms. The van der Waals surface area contributed by atoms with Crippen molar-refractivity contribution in [1.29, 1.82) is 0 Å². The van der Waals surface area contributed by atoms with Crippen molar-refractivity contribution in [3.63, 3.8) is 0 Å². The first-order chi connectivity index (χ1) is 8.36. The second-order valence-electron chi connectivity index (χ2n) is 4.86. The lowest BCUT2D eigenvalue weighted by molar-refractivity contribution is 0.0592. The highest BCUT2D eigenvalue weighted by Gasteiger charge is 2.20. The minimum Gasteiger partial charge on any atom is -0.464 e. The maximum Gasteiger partial charge on any atom is 0.358 e. The van der Waals surface area contributed by atoms with Crippen LogP contribution in [0.2, 0.25) is 0 Å². The van der Waals surface area contributed by atoms with E-state index in [0.717, 1.165) is 6.54 Å². The van der Waals surface area contributed by atoms with Crippen molar-refractivity contribution in [2.75, 3.05) is 33.1 Å². The SMILES string of the molecule is COC(=O)c1ccc(NCC(C)(C)N(C)C)nn1. The Labute approximate surface area is 107 Å². The summed E-state index contributed by atoms with van der Waals surface area (Å²) in [6.45, 7) is 4.97. The molecule has 0 aliphatic carbocycles. The van der Waals surface area contributed by atoms with Crippen molar-refractivity contribution in [2.45, 2.75) is 19.4 Å². The Bertz CT molecular complexity index is 401. The average molecular weight is 252 g/mol. The largest absolute Gasteiger partial charge is 0.464 e. The van der Waals surface area contributed by atoms with E-state index in [9.17, 15) is 4.79 Å². The topological polar surface area (TPSA) is 67.3 Å². The van der Waals surface area contributed by atoms with E-state index >= 15 is 0 Å². The van der Waals surface area contributed by atoms with Gasteiger partial charge in [-0.1, -0.05) is 0 Å². The number of rotatable bonds is 5. The van der Waals surface area contributed by atoms with Crippen molar-refractivity contribution in [3.05, 3.63) is 17.8 Å². The van der Waals surface area contributed by atoms with Crippen LogP contribution in [0.1, 0.15) is 24.3 Å². The van der Waals surface area contributed by atoms with Crippen LogP contribution in [-0.4, -0.2) is 54.4 Å². The van der Waals surface area contributed by atoms with Crippen LogP contribution in [0.25, 0.3) is 0 Å². The number of anilines is 1. The molecule has 1 rings (SSSR count). The Morgan fingerprint density at radius 3 is 2.50 bits per heavy atom. The van der Waals surface area contributed by atoms with E-state index in [-0.39, 0.29) is 11.2 Å². The minimum absolute atomic E-state index is 0.00268. The van der Waals surface area contributed by atoms with Gasteiger partial charge in [0.05, 0.1) is 7.11 Å². The third-order valence-electron chi connectivity index (χ3n) is 2.97. The number of nitrogens with zero attached hydrogens (tertiary/aromatic N) is 3. The van der Waals surface area contributed by atoms with Gasteiger partial charge in [-0.15, -0.1) is 10.2 Å². The second kappa shape index (κ2) is 5.77. The normalized spacial score (nSPS) is 11.4. The molecule has 0 atom stereocenters. The number of methoxy groups -OCH3 is 1. The monoisotopic (exact) mass is 252 g/mol. The molecule has 0 aromatic carbocycles. The third kappa shape index (κ3) is 3.66. The number of esters is 1. The standard InChI is InChI=1S/C12H20N4O2/c1-12(2,16(3)4)8-13-10-7-6-9(14-15-10)11(17)18-5/h6-7H,8H2,1-5H3,(H,13,15). The fourth-order valence-electron chi connectivity index (χ4n) is 1.10. The zero-order valence-corrected chi connectivity index (χ0v) is 11.5. The molecule has 0 aliphatic heterocycles. The number of hydrogen-bond acceptors (Lipinski definition) is 6. The minimum atomic E-state index is -0.484. The summed E-state index contributed by atoms with van der Waals surface area (Å²) in [6.07, 6.45) is 0. The van der Waals surface area contributed by atoms with Crippen LogP contribution >= 0.6 is 0 Å². The number of carbonyl (C=O) groups excluding carboxylic acids is 1. The van der Waals surface area contributed by atoms with E-state index in [1.54, 1.807) is 12.1 Å². The summed E-state index contributed by atoms with van der Waals surface area (Å²) in [4.78, 5) is 13.3. The van der Waals surface area contributed by atoms with Gasteiger partial charge in [-0.05, 0) is 40.1 Å². The quantitative estimate of drug-likeness (QED) is 0.789. The van der Waals surface area contributed by atoms with Gasteiger partial charge in [0.25, 0.3) is 0 Å². The summed E-state index contributed by atoms with van der Waals surface area (Å²) in [5, 5.41) is 10.9.